The first-order valence-electron chi connectivity index (χ1n) is 8.34. The number of benzene rings is 2. The van der Waals surface area contributed by atoms with Crippen LogP contribution in [0.25, 0.3) is 0 Å². The molecule has 5 nitrogen and oxygen atoms in total. The van der Waals surface area contributed by atoms with Gasteiger partial charge in [0.25, 0.3) is 0 Å². The molecule has 1 N–H and O–H groups in total. The smallest absolute Gasteiger partial charge is 0.387 e. The Balaban J connectivity index is 1.86. The molecule has 0 amide bonds. The highest BCUT2D eigenvalue weighted by Crippen LogP contribution is 2.26. The van der Waals surface area contributed by atoms with Crippen LogP contribution in [0.1, 0.15) is 28.1 Å². The zero-order valence-electron chi connectivity index (χ0n) is 15.1. The SMILES string of the molecule is Cc1cc(/C=N\n2c(Cc3ccc(F)cc3)n[nH]c2=S)cc(C)c1OC(F)F. The van der Waals surface area contributed by atoms with Crippen LogP contribution in [0.4, 0.5) is 13.2 Å². The van der Waals surface area contributed by atoms with Crippen LogP contribution in [0.15, 0.2) is 41.5 Å². The molecule has 146 valence electrons. The van der Waals surface area contributed by atoms with Gasteiger partial charge in [0.2, 0.25) is 4.77 Å². The summed E-state index contributed by atoms with van der Waals surface area (Å²) in [6, 6.07) is 9.46. The third kappa shape index (κ3) is 4.66. The van der Waals surface area contributed by atoms with Gasteiger partial charge in [-0.25, -0.2) is 4.39 Å². The third-order valence-electron chi connectivity index (χ3n) is 4.00. The summed E-state index contributed by atoms with van der Waals surface area (Å²) in [6.45, 7) is 0.493. The Morgan fingerprint density at radius 2 is 1.86 bits per heavy atom. The lowest BCUT2D eigenvalue weighted by Crippen LogP contribution is -2.05. The Kier molecular flexibility index (Phi) is 5.93. The fourth-order valence-electron chi connectivity index (χ4n) is 2.80. The van der Waals surface area contributed by atoms with Crippen molar-refractivity contribution in [3.63, 3.8) is 0 Å². The standard InChI is InChI=1S/C19H17F3N4OS/c1-11-7-14(8-12(2)17(11)27-18(21)22)10-23-26-16(24-25-19(26)28)9-13-3-5-15(20)6-4-13/h3-8,10,18H,9H2,1-2H3,(H,25,28)/b23-10-. The minimum atomic E-state index is -2.88. The maximum Gasteiger partial charge on any atom is 0.387 e. The number of aromatic nitrogens is 3. The number of nitrogens with zero attached hydrogens (tertiary/aromatic N) is 3. The van der Waals surface area contributed by atoms with Crippen LogP contribution >= 0.6 is 12.2 Å². The summed E-state index contributed by atoms with van der Waals surface area (Å²) in [6.07, 6.45) is 1.97. The van der Waals surface area contributed by atoms with Gasteiger partial charge in [0, 0.05) is 6.42 Å². The highest BCUT2D eigenvalue weighted by molar-refractivity contribution is 7.71. The molecule has 0 aliphatic heterocycles. The zero-order valence-corrected chi connectivity index (χ0v) is 15.9. The summed E-state index contributed by atoms with van der Waals surface area (Å²) in [5, 5.41) is 11.2. The number of nitrogens with one attached hydrogen (secondary N) is 1. The van der Waals surface area contributed by atoms with Gasteiger partial charge in [0.05, 0.1) is 6.21 Å². The summed E-state index contributed by atoms with van der Waals surface area (Å²) < 4.78 is 44.4. The van der Waals surface area contributed by atoms with Crippen LogP contribution in [-0.4, -0.2) is 27.7 Å². The van der Waals surface area contributed by atoms with Gasteiger partial charge in [-0.2, -0.15) is 23.7 Å². The van der Waals surface area contributed by atoms with E-state index in [4.69, 9.17) is 12.2 Å². The van der Waals surface area contributed by atoms with Gasteiger partial charge in [0.15, 0.2) is 5.82 Å². The Morgan fingerprint density at radius 1 is 1.21 bits per heavy atom. The molecule has 9 heteroatoms. The first-order valence-corrected chi connectivity index (χ1v) is 8.75. The summed E-state index contributed by atoms with van der Waals surface area (Å²) in [5.74, 6) is 0.397. The molecule has 0 radical (unpaired) electrons. The normalized spacial score (nSPS) is 11.5. The summed E-state index contributed by atoms with van der Waals surface area (Å²) in [5.41, 5.74) is 2.70. The number of ether oxygens (including phenoxy) is 1. The number of H-pyrrole nitrogens is 1. The highest BCUT2D eigenvalue weighted by Gasteiger charge is 2.11. The Morgan fingerprint density at radius 3 is 2.46 bits per heavy atom. The van der Waals surface area contributed by atoms with Crippen LogP contribution in [0.3, 0.4) is 0 Å². The molecule has 1 heterocycles. The lowest BCUT2D eigenvalue weighted by atomic mass is 10.1. The molecule has 3 rings (SSSR count). The van der Waals surface area contributed by atoms with Crippen molar-refractivity contribution in [1.82, 2.24) is 14.9 Å². The van der Waals surface area contributed by atoms with E-state index >= 15 is 0 Å². The van der Waals surface area contributed by atoms with E-state index in [9.17, 15) is 13.2 Å². The van der Waals surface area contributed by atoms with Crippen molar-refractivity contribution in [2.45, 2.75) is 26.9 Å². The number of alkyl halides is 2. The fourth-order valence-corrected chi connectivity index (χ4v) is 3.00. The Bertz CT molecular complexity index is 1030. The van der Waals surface area contributed by atoms with Crippen LogP contribution < -0.4 is 4.74 Å². The van der Waals surface area contributed by atoms with Crippen molar-refractivity contribution in [3.8, 4) is 5.75 Å². The molecule has 0 bridgehead atoms. The summed E-state index contributed by atoms with van der Waals surface area (Å²) >= 11 is 5.21. The van der Waals surface area contributed by atoms with Crippen LogP contribution in [0.2, 0.25) is 0 Å². The van der Waals surface area contributed by atoms with E-state index in [1.54, 1.807) is 44.3 Å². The summed E-state index contributed by atoms with van der Waals surface area (Å²) in [7, 11) is 0. The molecule has 0 saturated heterocycles. The minimum absolute atomic E-state index is 0.157. The van der Waals surface area contributed by atoms with E-state index in [1.807, 2.05) is 0 Å². The molecule has 0 atom stereocenters. The maximum absolute atomic E-state index is 13.1. The molecule has 0 aliphatic carbocycles. The topological polar surface area (TPSA) is 55.2 Å². The number of halogens is 3. The average Bonchev–Trinajstić information content (AvgIpc) is 2.98. The van der Waals surface area contributed by atoms with E-state index in [0.29, 0.717) is 33.7 Å². The van der Waals surface area contributed by atoms with Gasteiger partial charge in [-0.1, -0.05) is 12.1 Å². The van der Waals surface area contributed by atoms with Crippen molar-refractivity contribution in [1.29, 1.82) is 0 Å². The fraction of sp³-hybridized carbons (Fsp3) is 0.211. The molecule has 0 aliphatic rings. The average molecular weight is 406 g/mol. The van der Waals surface area contributed by atoms with Gasteiger partial charge >= 0.3 is 6.61 Å². The van der Waals surface area contributed by atoms with Gasteiger partial charge in [0.1, 0.15) is 11.6 Å². The largest absolute Gasteiger partial charge is 0.434 e. The number of rotatable bonds is 6. The van der Waals surface area contributed by atoms with Crippen LogP contribution in [0, 0.1) is 24.4 Å². The second-order valence-corrected chi connectivity index (χ2v) is 6.55. The lowest BCUT2D eigenvalue weighted by Gasteiger charge is -2.11. The van der Waals surface area contributed by atoms with Crippen molar-refractivity contribution in [3.05, 3.63) is 75.1 Å². The van der Waals surface area contributed by atoms with E-state index in [-0.39, 0.29) is 11.6 Å². The van der Waals surface area contributed by atoms with E-state index in [2.05, 4.69) is 20.0 Å². The van der Waals surface area contributed by atoms with Crippen molar-refractivity contribution < 1.29 is 17.9 Å². The van der Waals surface area contributed by atoms with Gasteiger partial charge < -0.3 is 4.74 Å². The van der Waals surface area contributed by atoms with E-state index < -0.39 is 6.61 Å². The quantitative estimate of drug-likeness (QED) is 0.474. The van der Waals surface area contributed by atoms with Crippen molar-refractivity contribution in [2.24, 2.45) is 5.10 Å². The van der Waals surface area contributed by atoms with Crippen molar-refractivity contribution >= 4 is 18.4 Å². The number of hydrogen-bond acceptors (Lipinski definition) is 4. The molecule has 0 unspecified atom stereocenters. The van der Waals surface area contributed by atoms with Crippen LogP contribution in [-0.2, 0) is 6.42 Å². The first-order chi connectivity index (χ1) is 13.3. The second kappa shape index (κ2) is 8.39. The zero-order chi connectivity index (χ0) is 20.3. The summed E-state index contributed by atoms with van der Waals surface area (Å²) in [4.78, 5) is 0. The number of hydrogen-bond donors (Lipinski definition) is 1. The third-order valence-corrected chi connectivity index (χ3v) is 4.27. The van der Waals surface area contributed by atoms with Crippen molar-refractivity contribution in [2.75, 3.05) is 0 Å². The predicted molar refractivity (Wildman–Crippen MR) is 102 cm³/mol. The number of aromatic amines is 1. The molecule has 2 aromatic carbocycles. The van der Waals surface area contributed by atoms with Gasteiger partial charge in [-0.15, -0.1) is 0 Å². The molecular formula is C19H17F3N4OS. The monoisotopic (exact) mass is 406 g/mol. The molecule has 28 heavy (non-hydrogen) atoms. The predicted octanol–water partition coefficient (Wildman–Crippen LogP) is 4.77. The van der Waals surface area contributed by atoms with Crippen LogP contribution in [0.5, 0.6) is 5.75 Å². The van der Waals surface area contributed by atoms with Gasteiger partial charge in [-0.05, 0) is 72.6 Å². The minimum Gasteiger partial charge on any atom is -0.434 e. The lowest BCUT2D eigenvalue weighted by molar-refractivity contribution is -0.0507. The molecule has 0 spiro atoms. The number of aryl methyl sites for hydroxylation is 2. The van der Waals surface area contributed by atoms with E-state index in [0.717, 1.165) is 5.56 Å². The Labute approximate surface area is 164 Å². The second-order valence-electron chi connectivity index (χ2n) is 6.17. The highest BCUT2D eigenvalue weighted by atomic mass is 32.1. The Hall–Kier alpha value is -2.94. The molecule has 3 aromatic rings. The maximum atomic E-state index is 13.1. The molecule has 0 saturated carbocycles. The van der Waals surface area contributed by atoms with E-state index in [1.165, 1.54) is 16.8 Å². The molecule has 0 fully saturated rings. The molecular weight excluding hydrogens is 389 g/mol. The first kappa shape index (κ1) is 19.8. The van der Waals surface area contributed by atoms with Gasteiger partial charge in [-0.3, -0.25) is 5.10 Å². The molecule has 1 aromatic heterocycles.